The monoisotopic (exact) mass is 288 g/mol. The Morgan fingerprint density at radius 3 is 2.78 bits per heavy atom. The molecule has 98 valence electrons. The zero-order valence-corrected chi connectivity index (χ0v) is 11.2. The van der Waals surface area contributed by atoms with Gasteiger partial charge in [0, 0.05) is 19.0 Å². The highest BCUT2D eigenvalue weighted by molar-refractivity contribution is 6.37. The molecule has 0 bridgehead atoms. The van der Waals surface area contributed by atoms with Crippen molar-refractivity contribution >= 4 is 40.7 Å². The highest BCUT2D eigenvalue weighted by Gasteiger charge is 2.28. The lowest BCUT2D eigenvalue weighted by Crippen LogP contribution is -2.30. The minimum Gasteiger partial charge on any atom is -0.382 e. The zero-order chi connectivity index (χ0) is 13.1. The van der Waals surface area contributed by atoms with E-state index in [2.05, 4.69) is 15.6 Å². The van der Waals surface area contributed by atoms with Gasteiger partial charge in [-0.2, -0.15) is 0 Å². The number of amides is 1. The number of anilines is 2. The number of aromatic nitrogens is 1. The quantitative estimate of drug-likeness (QED) is 0.723. The molecule has 1 aromatic heterocycles. The fraction of sp³-hybridized carbons (Fsp3) is 0.455. The number of hydrogen-bond acceptors (Lipinski definition) is 4. The Labute approximate surface area is 115 Å². The summed E-state index contributed by atoms with van der Waals surface area (Å²) < 4.78 is 0. The summed E-state index contributed by atoms with van der Waals surface area (Å²) in [5.74, 6) is 1.04. The molecule has 0 aliphatic heterocycles. The molecule has 1 aliphatic carbocycles. The normalized spacial score (nSPS) is 14.3. The van der Waals surface area contributed by atoms with Gasteiger partial charge in [-0.15, -0.1) is 0 Å². The van der Waals surface area contributed by atoms with Crippen LogP contribution in [0.15, 0.2) is 6.07 Å². The van der Waals surface area contributed by atoms with Gasteiger partial charge in [0.05, 0.1) is 10.0 Å². The number of carbonyl (C=O) groups is 1. The minimum atomic E-state index is 0.117. The average Bonchev–Trinajstić information content (AvgIpc) is 3.14. The topological polar surface area (TPSA) is 80.0 Å². The predicted molar refractivity (Wildman–Crippen MR) is 72.9 cm³/mol. The van der Waals surface area contributed by atoms with Gasteiger partial charge in [0.1, 0.15) is 11.6 Å². The molecule has 4 N–H and O–H groups in total. The molecule has 5 nitrogen and oxygen atoms in total. The largest absolute Gasteiger partial charge is 0.382 e. The van der Waals surface area contributed by atoms with Gasteiger partial charge in [-0.05, 0) is 18.9 Å². The van der Waals surface area contributed by atoms with Crippen molar-refractivity contribution in [2.75, 3.05) is 24.1 Å². The van der Waals surface area contributed by atoms with Crippen LogP contribution >= 0.6 is 23.2 Å². The Morgan fingerprint density at radius 1 is 1.39 bits per heavy atom. The maximum Gasteiger partial charge on any atom is 0.223 e. The van der Waals surface area contributed by atoms with E-state index >= 15 is 0 Å². The van der Waals surface area contributed by atoms with E-state index in [0.717, 1.165) is 12.8 Å². The Hall–Kier alpha value is -1.20. The van der Waals surface area contributed by atoms with Crippen molar-refractivity contribution in [1.82, 2.24) is 10.3 Å². The number of nitrogens with one attached hydrogen (secondary N) is 2. The standard InChI is InChI=1S/C11H14Cl2N4O/c12-7-5-8(13)10(17-9(7)14)15-3-4-16-11(18)6-1-2-6/h5-6H,1-4H2,(H,16,18)(H3,14,15,17). The van der Waals surface area contributed by atoms with Crippen molar-refractivity contribution in [3.8, 4) is 0 Å². The van der Waals surface area contributed by atoms with Crippen LogP contribution in [0.2, 0.25) is 10.0 Å². The number of carbonyl (C=O) groups excluding carboxylic acids is 1. The maximum atomic E-state index is 11.4. The number of pyridine rings is 1. The third-order valence-electron chi connectivity index (χ3n) is 2.62. The number of rotatable bonds is 5. The van der Waals surface area contributed by atoms with Crippen molar-refractivity contribution in [2.45, 2.75) is 12.8 Å². The van der Waals surface area contributed by atoms with E-state index in [1.165, 1.54) is 6.07 Å². The second-order valence-corrected chi connectivity index (χ2v) is 4.99. The van der Waals surface area contributed by atoms with Gasteiger partial charge < -0.3 is 16.4 Å². The third kappa shape index (κ3) is 3.40. The Balaban J connectivity index is 1.79. The Morgan fingerprint density at radius 2 is 2.11 bits per heavy atom. The lowest BCUT2D eigenvalue weighted by molar-refractivity contribution is -0.122. The second kappa shape index (κ2) is 5.63. The van der Waals surface area contributed by atoms with Crippen molar-refractivity contribution in [1.29, 1.82) is 0 Å². The molecule has 1 heterocycles. The number of nitrogens with zero attached hydrogens (tertiary/aromatic N) is 1. The van der Waals surface area contributed by atoms with Crippen LogP contribution in [0, 0.1) is 5.92 Å². The molecule has 1 saturated carbocycles. The summed E-state index contributed by atoms with van der Waals surface area (Å²) in [6.45, 7) is 1.06. The molecule has 7 heteroatoms. The fourth-order valence-electron chi connectivity index (χ4n) is 1.46. The van der Waals surface area contributed by atoms with E-state index in [0.29, 0.717) is 29.0 Å². The molecule has 0 radical (unpaired) electrons. The van der Waals surface area contributed by atoms with Crippen molar-refractivity contribution in [3.63, 3.8) is 0 Å². The van der Waals surface area contributed by atoms with Gasteiger partial charge in [-0.1, -0.05) is 23.2 Å². The second-order valence-electron chi connectivity index (χ2n) is 4.18. The number of halogens is 2. The first-order valence-electron chi connectivity index (χ1n) is 5.71. The summed E-state index contributed by atoms with van der Waals surface area (Å²) in [5.41, 5.74) is 5.58. The van der Waals surface area contributed by atoms with Gasteiger partial charge in [-0.25, -0.2) is 4.98 Å². The van der Waals surface area contributed by atoms with Crippen molar-refractivity contribution < 1.29 is 4.79 Å². The number of hydrogen-bond donors (Lipinski definition) is 3. The first kappa shape index (κ1) is 13.2. The summed E-state index contributed by atoms with van der Waals surface area (Å²) in [7, 11) is 0. The number of nitrogen functional groups attached to an aromatic ring is 1. The van der Waals surface area contributed by atoms with Gasteiger partial charge in [0.2, 0.25) is 5.91 Å². The SMILES string of the molecule is Nc1nc(NCCNC(=O)C2CC2)c(Cl)cc1Cl. The highest BCUT2D eigenvalue weighted by atomic mass is 35.5. The highest BCUT2D eigenvalue weighted by Crippen LogP contribution is 2.29. The summed E-state index contributed by atoms with van der Waals surface area (Å²) in [4.78, 5) is 15.4. The molecular weight excluding hydrogens is 275 g/mol. The van der Waals surface area contributed by atoms with E-state index in [-0.39, 0.29) is 17.6 Å². The Kier molecular flexibility index (Phi) is 4.14. The smallest absolute Gasteiger partial charge is 0.223 e. The molecule has 1 aromatic rings. The summed E-state index contributed by atoms with van der Waals surface area (Å²) >= 11 is 11.7. The van der Waals surface area contributed by atoms with Crippen LogP contribution in [0.3, 0.4) is 0 Å². The predicted octanol–water partition coefficient (Wildman–Crippen LogP) is 1.91. The summed E-state index contributed by atoms with van der Waals surface area (Å²) in [6.07, 6.45) is 2.00. The molecule has 0 atom stereocenters. The molecule has 1 aliphatic rings. The van der Waals surface area contributed by atoms with Crippen LogP contribution in [0.25, 0.3) is 0 Å². The van der Waals surface area contributed by atoms with Gasteiger partial charge >= 0.3 is 0 Å². The molecule has 0 saturated heterocycles. The zero-order valence-electron chi connectivity index (χ0n) is 9.67. The van der Waals surface area contributed by atoms with E-state index < -0.39 is 0 Å². The van der Waals surface area contributed by atoms with E-state index in [4.69, 9.17) is 28.9 Å². The van der Waals surface area contributed by atoms with Gasteiger partial charge in [0.25, 0.3) is 0 Å². The van der Waals surface area contributed by atoms with E-state index in [1.807, 2.05) is 0 Å². The molecule has 1 fully saturated rings. The third-order valence-corrected chi connectivity index (χ3v) is 3.21. The molecule has 18 heavy (non-hydrogen) atoms. The van der Waals surface area contributed by atoms with E-state index in [1.54, 1.807) is 0 Å². The molecule has 0 aromatic carbocycles. The molecule has 1 amide bonds. The molecular formula is C11H14Cl2N4O. The van der Waals surface area contributed by atoms with Crippen molar-refractivity contribution in [2.24, 2.45) is 5.92 Å². The first-order chi connectivity index (χ1) is 8.58. The van der Waals surface area contributed by atoms with Crippen molar-refractivity contribution in [3.05, 3.63) is 16.1 Å². The van der Waals surface area contributed by atoms with Crippen LogP contribution in [0.1, 0.15) is 12.8 Å². The van der Waals surface area contributed by atoms with Crippen LogP contribution in [0.4, 0.5) is 11.6 Å². The number of nitrogens with two attached hydrogens (primary N) is 1. The molecule has 0 unspecified atom stereocenters. The lowest BCUT2D eigenvalue weighted by atomic mass is 10.4. The summed E-state index contributed by atoms with van der Waals surface area (Å²) in [6, 6.07) is 1.54. The van der Waals surface area contributed by atoms with Gasteiger partial charge in [-0.3, -0.25) is 4.79 Å². The molecule has 0 spiro atoms. The van der Waals surface area contributed by atoms with Crippen LogP contribution in [-0.2, 0) is 4.79 Å². The maximum absolute atomic E-state index is 11.4. The molecule has 2 rings (SSSR count). The summed E-state index contributed by atoms with van der Waals surface area (Å²) in [5, 5.41) is 6.56. The van der Waals surface area contributed by atoms with Gasteiger partial charge in [0.15, 0.2) is 0 Å². The minimum absolute atomic E-state index is 0.117. The average molecular weight is 289 g/mol. The first-order valence-corrected chi connectivity index (χ1v) is 6.46. The fourth-order valence-corrected chi connectivity index (χ4v) is 1.89. The van der Waals surface area contributed by atoms with Crippen LogP contribution in [-0.4, -0.2) is 24.0 Å². The van der Waals surface area contributed by atoms with Crippen LogP contribution in [0.5, 0.6) is 0 Å². The Bertz CT molecular complexity index is 463. The van der Waals surface area contributed by atoms with Crippen LogP contribution < -0.4 is 16.4 Å². The lowest BCUT2D eigenvalue weighted by Gasteiger charge is -2.09. The van der Waals surface area contributed by atoms with E-state index in [9.17, 15) is 4.79 Å².